The number of carbonyl (C=O) groups is 4. The predicted molar refractivity (Wildman–Crippen MR) is 65.6 cm³/mol. The minimum atomic E-state index is -0.458. The van der Waals surface area contributed by atoms with Crippen LogP contribution in [-0.2, 0) is 19.2 Å². The van der Waals surface area contributed by atoms with Crippen molar-refractivity contribution in [1.29, 1.82) is 0 Å². The lowest BCUT2D eigenvalue weighted by Gasteiger charge is -2.12. The van der Waals surface area contributed by atoms with Gasteiger partial charge in [0.15, 0.2) is 0 Å². The van der Waals surface area contributed by atoms with Gasteiger partial charge in [0.25, 0.3) is 0 Å². The third-order valence-electron chi connectivity index (χ3n) is 2.43. The van der Waals surface area contributed by atoms with Crippen molar-refractivity contribution in [3.8, 4) is 0 Å². The number of imide groups is 1. The fourth-order valence-corrected chi connectivity index (χ4v) is 1.39. The van der Waals surface area contributed by atoms with Crippen molar-refractivity contribution < 1.29 is 19.2 Å². The Hall–Kier alpha value is -1.72. The Balaban J connectivity index is 3.62. The molecule has 0 saturated heterocycles. The van der Waals surface area contributed by atoms with E-state index in [4.69, 9.17) is 0 Å². The summed E-state index contributed by atoms with van der Waals surface area (Å²) in [4.78, 5) is 44.1. The van der Waals surface area contributed by atoms with Gasteiger partial charge in [-0.25, -0.2) is 0 Å². The van der Waals surface area contributed by atoms with E-state index in [1.54, 1.807) is 6.92 Å². The molecular formula is C12H20N2O4. The van der Waals surface area contributed by atoms with E-state index in [2.05, 4.69) is 5.32 Å². The molecule has 0 rings (SSSR count). The third-order valence-corrected chi connectivity index (χ3v) is 2.43. The summed E-state index contributed by atoms with van der Waals surface area (Å²) >= 11 is 0. The molecule has 102 valence electrons. The van der Waals surface area contributed by atoms with Gasteiger partial charge in [-0.2, -0.15) is 0 Å². The molecule has 0 heterocycles. The van der Waals surface area contributed by atoms with E-state index in [1.807, 2.05) is 0 Å². The minimum absolute atomic E-state index is 0.159. The monoisotopic (exact) mass is 256 g/mol. The number of aldehydes is 1. The van der Waals surface area contributed by atoms with Crippen LogP contribution >= 0.6 is 0 Å². The van der Waals surface area contributed by atoms with Crippen LogP contribution < -0.4 is 5.32 Å². The number of carbonyl (C=O) groups excluding carboxylic acids is 4. The van der Waals surface area contributed by atoms with E-state index in [0.717, 1.165) is 11.3 Å². The maximum Gasteiger partial charge on any atom is 0.225 e. The molecule has 18 heavy (non-hydrogen) atoms. The van der Waals surface area contributed by atoms with Gasteiger partial charge in [-0.15, -0.1) is 0 Å². The molecule has 0 aromatic heterocycles. The summed E-state index contributed by atoms with van der Waals surface area (Å²) in [5.74, 6) is -0.434. The van der Waals surface area contributed by atoms with Crippen LogP contribution in [0.25, 0.3) is 0 Å². The van der Waals surface area contributed by atoms with Gasteiger partial charge in [0.1, 0.15) is 6.29 Å². The Kier molecular flexibility index (Phi) is 8.43. The van der Waals surface area contributed by atoms with Crippen LogP contribution in [0.3, 0.4) is 0 Å². The predicted octanol–water partition coefficient (Wildman–Crippen LogP) is 0.255. The second kappa shape index (κ2) is 9.32. The van der Waals surface area contributed by atoms with Crippen molar-refractivity contribution in [2.45, 2.75) is 45.6 Å². The number of hydrogen-bond donors (Lipinski definition) is 1. The standard InChI is InChI=1S/C12H20N2O4/c1-10(8-15)13-12(18)6-4-3-5-7-14(9-16)11(2)17/h8-10H,3-7H2,1-2H3,(H,13,18)/t10-/m0/s1. The van der Waals surface area contributed by atoms with Crippen LogP contribution in [0.15, 0.2) is 0 Å². The summed E-state index contributed by atoms with van der Waals surface area (Å²) in [6.45, 7) is 3.33. The van der Waals surface area contributed by atoms with E-state index in [1.165, 1.54) is 6.92 Å². The summed E-state index contributed by atoms with van der Waals surface area (Å²) in [7, 11) is 0. The Labute approximate surface area is 107 Å². The largest absolute Gasteiger partial charge is 0.347 e. The molecule has 0 aliphatic rings. The molecule has 0 aromatic rings. The van der Waals surface area contributed by atoms with Crippen molar-refractivity contribution in [2.24, 2.45) is 0 Å². The lowest BCUT2D eigenvalue weighted by molar-refractivity contribution is -0.136. The molecule has 0 radical (unpaired) electrons. The molecule has 0 aromatic carbocycles. The molecule has 0 fully saturated rings. The first-order chi connectivity index (χ1) is 8.51. The topological polar surface area (TPSA) is 83.6 Å². The second-order valence-corrected chi connectivity index (χ2v) is 4.12. The van der Waals surface area contributed by atoms with Crippen LogP contribution in [0, 0.1) is 0 Å². The zero-order chi connectivity index (χ0) is 14.0. The summed E-state index contributed by atoms with van der Waals surface area (Å²) in [6, 6.07) is -0.458. The third kappa shape index (κ3) is 7.54. The van der Waals surface area contributed by atoms with Gasteiger partial charge in [0.2, 0.25) is 18.2 Å². The van der Waals surface area contributed by atoms with Crippen molar-refractivity contribution in [3.63, 3.8) is 0 Å². The van der Waals surface area contributed by atoms with Gasteiger partial charge in [0.05, 0.1) is 6.04 Å². The van der Waals surface area contributed by atoms with E-state index < -0.39 is 6.04 Å². The van der Waals surface area contributed by atoms with Gasteiger partial charge in [-0.3, -0.25) is 19.3 Å². The summed E-state index contributed by atoms with van der Waals surface area (Å²) in [5.41, 5.74) is 0. The van der Waals surface area contributed by atoms with Gasteiger partial charge >= 0.3 is 0 Å². The molecule has 0 aliphatic carbocycles. The van der Waals surface area contributed by atoms with E-state index in [-0.39, 0.29) is 11.8 Å². The number of hydrogen-bond acceptors (Lipinski definition) is 4. The highest BCUT2D eigenvalue weighted by Crippen LogP contribution is 2.01. The molecule has 0 saturated carbocycles. The zero-order valence-electron chi connectivity index (χ0n) is 10.8. The maximum absolute atomic E-state index is 11.3. The molecule has 6 heteroatoms. The highest BCUT2D eigenvalue weighted by Gasteiger charge is 2.07. The van der Waals surface area contributed by atoms with E-state index in [9.17, 15) is 19.2 Å². The van der Waals surface area contributed by atoms with Crippen LogP contribution in [0.2, 0.25) is 0 Å². The Morgan fingerprint density at radius 1 is 1.22 bits per heavy atom. The molecule has 3 amide bonds. The van der Waals surface area contributed by atoms with Crippen molar-refractivity contribution in [1.82, 2.24) is 10.2 Å². The van der Waals surface area contributed by atoms with E-state index >= 15 is 0 Å². The van der Waals surface area contributed by atoms with Gasteiger partial charge < -0.3 is 10.1 Å². The summed E-state index contributed by atoms with van der Waals surface area (Å²) in [5, 5.41) is 2.53. The number of nitrogens with one attached hydrogen (secondary N) is 1. The molecule has 0 unspecified atom stereocenters. The van der Waals surface area contributed by atoms with E-state index in [0.29, 0.717) is 38.5 Å². The molecular weight excluding hydrogens is 236 g/mol. The van der Waals surface area contributed by atoms with Crippen molar-refractivity contribution in [2.75, 3.05) is 6.54 Å². The second-order valence-electron chi connectivity index (χ2n) is 4.12. The lowest BCUT2D eigenvalue weighted by Crippen LogP contribution is -2.33. The van der Waals surface area contributed by atoms with Gasteiger partial charge in [-0.05, 0) is 19.8 Å². The zero-order valence-corrected chi connectivity index (χ0v) is 10.8. The molecule has 6 nitrogen and oxygen atoms in total. The normalized spacial score (nSPS) is 11.4. The highest BCUT2D eigenvalue weighted by molar-refractivity contribution is 5.84. The van der Waals surface area contributed by atoms with Gasteiger partial charge in [0, 0.05) is 19.9 Å². The fourth-order valence-electron chi connectivity index (χ4n) is 1.39. The molecule has 1 N–H and O–H groups in total. The summed E-state index contributed by atoms with van der Waals surface area (Å²) < 4.78 is 0. The van der Waals surface area contributed by atoms with Crippen molar-refractivity contribution in [3.05, 3.63) is 0 Å². The van der Waals surface area contributed by atoms with Gasteiger partial charge in [-0.1, -0.05) is 6.42 Å². The first-order valence-corrected chi connectivity index (χ1v) is 5.98. The average Bonchev–Trinajstić information content (AvgIpc) is 2.32. The summed E-state index contributed by atoms with van der Waals surface area (Å²) in [6.07, 6.45) is 3.63. The van der Waals surface area contributed by atoms with Crippen LogP contribution in [0.1, 0.15) is 39.5 Å². The van der Waals surface area contributed by atoms with Crippen LogP contribution in [0.5, 0.6) is 0 Å². The average molecular weight is 256 g/mol. The Bertz CT molecular complexity index is 304. The number of rotatable bonds is 9. The number of amides is 3. The Morgan fingerprint density at radius 3 is 2.39 bits per heavy atom. The first-order valence-electron chi connectivity index (χ1n) is 5.98. The van der Waals surface area contributed by atoms with Crippen LogP contribution in [-0.4, -0.2) is 42.0 Å². The Morgan fingerprint density at radius 2 is 1.89 bits per heavy atom. The lowest BCUT2D eigenvalue weighted by atomic mass is 10.1. The quantitative estimate of drug-likeness (QED) is 0.473. The highest BCUT2D eigenvalue weighted by atomic mass is 16.2. The van der Waals surface area contributed by atoms with Crippen molar-refractivity contribution >= 4 is 24.5 Å². The van der Waals surface area contributed by atoms with Crippen LogP contribution in [0.4, 0.5) is 0 Å². The number of unbranched alkanes of at least 4 members (excludes halogenated alkanes) is 2. The molecule has 0 bridgehead atoms. The molecule has 0 spiro atoms. The smallest absolute Gasteiger partial charge is 0.225 e. The minimum Gasteiger partial charge on any atom is -0.347 e. The molecule has 1 atom stereocenters. The molecule has 0 aliphatic heterocycles. The number of nitrogens with zero attached hydrogens (tertiary/aromatic N) is 1. The SMILES string of the molecule is CC(=O)N(C=O)CCCCCC(=O)N[C@@H](C)C=O. The first kappa shape index (κ1) is 16.3. The maximum atomic E-state index is 11.3. The fraction of sp³-hybridized carbons (Fsp3) is 0.667.